The van der Waals surface area contributed by atoms with Crippen LogP contribution in [0.2, 0.25) is 0 Å². The number of aliphatic carboxylic acids is 1. The van der Waals surface area contributed by atoms with Gasteiger partial charge in [0.2, 0.25) is 5.91 Å². The number of amides is 1. The number of methoxy groups -OCH3 is 1. The molecule has 0 aliphatic carbocycles. The molecular weight excluding hydrogens is 398 g/mol. The van der Waals surface area contributed by atoms with E-state index in [1.807, 2.05) is 0 Å². The molecule has 10 heteroatoms. The molecule has 0 unspecified atom stereocenters. The molecule has 0 aromatic heterocycles. The summed E-state index contributed by atoms with van der Waals surface area (Å²) in [6.45, 7) is 1.46. The van der Waals surface area contributed by atoms with Gasteiger partial charge < -0.3 is 34.1 Å². The lowest BCUT2D eigenvalue weighted by Crippen LogP contribution is -2.33. The predicted molar refractivity (Wildman–Crippen MR) is 121 cm³/mol. The summed E-state index contributed by atoms with van der Waals surface area (Å²) in [7, 11) is 1.24. The Labute approximate surface area is 184 Å². The van der Waals surface area contributed by atoms with Crippen molar-refractivity contribution in [3.63, 3.8) is 0 Å². The highest BCUT2D eigenvalue weighted by atomic mass is 16.5. The van der Waals surface area contributed by atoms with E-state index in [9.17, 15) is 14.4 Å². The van der Waals surface area contributed by atoms with Gasteiger partial charge in [-0.1, -0.05) is 44.6 Å². The number of rotatable bonds is 16. The second-order valence-electron chi connectivity index (χ2n) is 4.43. The van der Waals surface area contributed by atoms with E-state index in [-0.39, 0.29) is 77.5 Å². The Balaban J connectivity index is -0.000000176. The third kappa shape index (κ3) is 37.1. The van der Waals surface area contributed by atoms with Crippen LogP contribution in [0.15, 0.2) is 0 Å². The van der Waals surface area contributed by atoms with Gasteiger partial charge in [-0.2, -0.15) is 0 Å². The van der Waals surface area contributed by atoms with Crippen LogP contribution in [0, 0.1) is 0 Å². The number of carbonyl (C=O) groups excluding carboxylic acids is 2. The Morgan fingerprint density at radius 1 is 0.700 bits per heavy atom. The Morgan fingerprint density at radius 3 is 1.57 bits per heavy atom. The Morgan fingerprint density at radius 2 is 1.13 bits per heavy atom. The normalized spacial score (nSPS) is 8.30. The molecular formula is C20H49NO9. The van der Waals surface area contributed by atoms with Crippen LogP contribution in [0.4, 0.5) is 0 Å². The largest absolute Gasteiger partial charge is 0.480 e. The minimum absolute atomic E-state index is 0. The van der Waals surface area contributed by atoms with Crippen LogP contribution in [-0.2, 0) is 38.1 Å². The van der Waals surface area contributed by atoms with Crippen LogP contribution in [0.3, 0.4) is 0 Å². The average molecular weight is 448 g/mol. The standard InChI is InChI=1S/C14H25NO9.6CH4/c1-20-14(19)9-15-12(16)10-23-7-5-21-3-2-4-22-6-8-24-11-13(17)18;;;;;;/h2-11H2,1H3,(H,15,16)(H,17,18);6*1H4. The zero-order valence-electron chi connectivity index (χ0n) is 13.8. The molecule has 0 radical (unpaired) electrons. The summed E-state index contributed by atoms with van der Waals surface area (Å²) in [5, 5.41) is 10.7. The minimum atomic E-state index is -1.01. The molecule has 0 fully saturated rings. The molecule has 0 bridgehead atoms. The molecule has 1 amide bonds. The Hall–Kier alpha value is -1.75. The molecule has 188 valence electrons. The third-order valence-electron chi connectivity index (χ3n) is 2.44. The fourth-order valence-corrected chi connectivity index (χ4v) is 1.32. The van der Waals surface area contributed by atoms with E-state index < -0.39 is 17.8 Å². The Bertz CT molecular complexity index is 366. The van der Waals surface area contributed by atoms with Crippen LogP contribution in [0.1, 0.15) is 51.0 Å². The second-order valence-corrected chi connectivity index (χ2v) is 4.43. The SMILES string of the molecule is C.C.C.C.C.C.COC(=O)CNC(=O)COCCOCCCOCCOCC(=O)O. The van der Waals surface area contributed by atoms with Crippen LogP contribution in [0.5, 0.6) is 0 Å². The van der Waals surface area contributed by atoms with E-state index in [0.29, 0.717) is 32.8 Å². The van der Waals surface area contributed by atoms with Gasteiger partial charge in [0.1, 0.15) is 19.8 Å². The second kappa shape index (κ2) is 34.7. The summed E-state index contributed by atoms with van der Waals surface area (Å²) < 4.78 is 24.7. The van der Waals surface area contributed by atoms with Gasteiger partial charge in [0, 0.05) is 13.2 Å². The van der Waals surface area contributed by atoms with E-state index in [1.165, 1.54) is 7.11 Å². The number of nitrogens with one attached hydrogen (secondary N) is 1. The molecule has 0 atom stereocenters. The first-order valence-corrected chi connectivity index (χ1v) is 7.42. The zero-order chi connectivity index (χ0) is 18.0. The molecule has 0 aliphatic rings. The van der Waals surface area contributed by atoms with Gasteiger partial charge >= 0.3 is 11.9 Å². The van der Waals surface area contributed by atoms with Crippen molar-refractivity contribution >= 4 is 17.8 Å². The van der Waals surface area contributed by atoms with Crippen LogP contribution >= 0.6 is 0 Å². The van der Waals surface area contributed by atoms with E-state index in [1.54, 1.807) is 0 Å². The monoisotopic (exact) mass is 447 g/mol. The number of ether oxygens (including phenoxy) is 5. The van der Waals surface area contributed by atoms with E-state index in [4.69, 9.17) is 24.1 Å². The molecule has 2 N–H and O–H groups in total. The van der Waals surface area contributed by atoms with Crippen molar-refractivity contribution < 1.29 is 43.2 Å². The van der Waals surface area contributed by atoms with E-state index in [0.717, 1.165) is 0 Å². The van der Waals surface area contributed by atoms with Crippen molar-refractivity contribution in [2.75, 3.05) is 66.5 Å². The van der Waals surface area contributed by atoms with Crippen molar-refractivity contribution in [1.29, 1.82) is 0 Å². The van der Waals surface area contributed by atoms with E-state index in [2.05, 4.69) is 10.1 Å². The molecule has 0 aliphatic heterocycles. The molecule has 0 aromatic rings. The number of esters is 1. The van der Waals surface area contributed by atoms with Crippen LogP contribution in [0.25, 0.3) is 0 Å². The summed E-state index contributed by atoms with van der Waals surface area (Å²) in [5.74, 6) is -1.94. The number of hydrogen-bond donors (Lipinski definition) is 2. The highest BCUT2D eigenvalue weighted by Crippen LogP contribution is 1.87. The maximum Gasteiger partial charge on any atom is 0.329 e. The topological polar surface area (TPSA) is 130 Å². The molecule has 0 heterocycles. The molecule has 0 aromatic carbocycles. The highest BCUT2D eigenvalue weighted by molar-refractivity contribution is 5.82. The van der Waals surface area contributed by atoms with Crippen molar-refractivity contribution in [1.82, 2.24) is 5.32 Å². The van der Waals surface area contributed by atoms with Crippen LogP contribution < -0.4 is 5.32 Å². The molecule has 0 spiro atoms. The number of carbonyl (C=O) groups is 3. The maximum absolute atomic E-state index is 11.2. The number of hydrogen-bond acceptors (Lipinski definition) is 8. The van der Waals surface area contributed by atoms with Gasteiger partial charge in [-0.15, -0.1) is 0 Å². The van der Waals surface area contributed by atoms with Crippen molar-refractivity contribution in [2.24, 2.45) is 0 Å². The molecule has 0 rings (SSSR count). The lowest BCUT2D eigenvalue weighted by Gasteiger charge is -2.07. The van der Waals surface area contributed by atoms with Gasteiger partial charge in [-0.05, 0) is 6.42 Å². The quantitative estimate of drug-likeness (QED) is 0.271. The van der Waals surface area contributed by atoms with Crippen molar-refractivity contribution in [2.45, 2.75) is 51.0 Å². The third-order valence-corrected chi connectivity index (χ3v) is 2.44. The lowest BCUT2D eigenvalue weighted by atomic mass is 10.5. The van der Waals surface area contributed by atoms with Gasteiger partial charge in [-0.25, -0.2) is 4.79 Å². The summed E-state index contributed by atoms with van der Waals surface area (Å²) in [5.41, 5.74) is 0. The lowest BCUT2D eigenvalue weighted by molar-refractivity contribution is -0.143. The van der Waals surface area contributed by atoms with Crippen molar-refractivity contribution in [3.8, 4) is 0 Å². The summed E-state index contributed by atoms with van der Waals surface area (Å²) in [6.07, 6.45) is 0.679. The first-order valence-electron chi connectivity index (χ1n) is 7.42. The average Bonchev–Trinajstić information content (AvgIpc) is 2.56. The van der Waals surface area contributed by atoms with Crippen LogP contribution in [-0.4, -0.2) is 89.5 Å². The van der Waals surface area contributed by atoms with E-state index >= 15 is 0 Å². The first kappa shape index (κ1) is 46.5. The fraction of sp³-hybridized carbons (Fsp3) is 0.850. The number of carboxylic acid groups (broad SMARTS) is 1. The molecule has 0 saturated heterocycles. The highest BCUT2D eigenvalue weighted by Gasteiger charge is 2.04. The number of carboxylic acids is 1. The van der Waals surface area contributed by atoms with Gasteiger partial charge in [-0.3, -0.25) is 9.59 Å². The predicted octanol–water partition coefficient (Wildman–Crippen LogP) is 2.63. The first-order chi connectivity index (χ1) is 11.6. The smallest absolute Gasteiger partial charge is 0.329 e. The van der Waals surface area contributed by atoms with Crippen molar-refractivity contribution in [3.05, 3.63) is 0 Å². The minimum Gasteiger partial charge on any atom is -0.480 e. The molecule has 30 heavy (non-hydrogen) atoms. The van der Waals surface area contributed by atoms with Gasteiger partial charge in [0.15, 0.2) is 0 Å². The summed E-state index contributed by atoms with van der Waals surface area (Å²) in [4.78, 5) is 32.2. The van der Waals surface area contributed by atoms with Gasteiger partial charge in [0.25, 0.3) is 0 Å². The fourth-order valence-electron chi connectivity index (χ4n) is 1.32. The molecule has 0 saturated carbocycles. The summed E-state index contributed by atoms with van der Waals surface area (Å²) >= 11 is 0. The zero-order valence-corrected chi connectivity index (χ0v) is 13.8. The molecule has 10 nitrogen and oxygen atoms in total. The van der Waals surface area contributed by atoms with Gasteiger partial charge in [0.05, 0.1) is 33.5 Å². The Kier molecular flexibility index (Phi) is 53.8. The summed E-state index contributed by atoms with van der Waals surface area (Å²) in [6, 6.07) is 0. The maximum atomic E-state index is 11.2.